The van der Waals surface area contributed by atoms with Gasteiger partial charge in [-0.15, -0.1) is 0 Å². The normalized spacial score (nSPS) is 9.49. The minimum atomic E-state index is -0.935. The molecular formula is C37H72O5Ti. The number of hydrogen-bond donors (Lipinski definition) is 2. The Morgan fingerprint density at radius 2 is 0.674 bits per heavy atom. The van der Waals surface area contributed by atoms with Crippen molar-refractivity contribution in [2.24, 2.45) is 0 Å². The monoisotopic (exact) mass is 644 g/mol. The third-order valence-corrected chi connectivity index (χ3v) is 6.50. The maximum absolute atomic E-state index is 9.60. The Labute approximate surface area is 280 Å². The number of carboxylic acids is 2. The van der Waals surface area contributed by atoms with Gasteiger partial charge in [-0.3, -0.25) is 0 Å². The van der Waals surface area contributed by atoms with Crippen molar-refractivity contribution in [1.29, 1.82) is 0 Å². The zero-order chi connectivity index (χ0) is 34.0. The van der Waals surface area contributed by atoms with Gasteiger partial charge in [0.25, 0.3) is 0 Å². The zero-order valence-electron chi connectivity index (χ0n) is 29.5. The fourth-order valence-electron chi connectivity index (χ4n) is 3.87. The van der Waals surface area contributed by atoms with Gasteiger partial charge >= 0.3 is 35.7 Å². The van der Waals surface area contributed by atoms with Crippen LogP contribution in [0.4, 0.5) is 0 Å². The molecule has 0 unspecified atom stereocenters. The van der Waals surface area contributed by atoms with E-state index in [4.69, 9.17) is 13.5 Å². The number of aliphatic carboxylic acids is 2. The second-order valence-electron chi connectivity index (χ2n) is 11.3. The second-order valence-corrected chi connectivity index (χ2v) is 11.3. The Kier molecular flexibility index (Phi) is 60.6. The van der Waals surface area contributed by atoms with E-state index in [1.165, 1.54) is 162 Å². The first-order valence-corrected chi connectivity index (χ1v) is 17.8. The molecule has 0 aromatic heterocycles. The summed E-state index contributed by atoms with van der Waals surface area (Å²) >= 11 is 0.750. The van der Waals surface area contributed by atoms with Gasteiger partial charge in [0, 0.05) is 11.1 Å². The van der Waals surface area contributed by atoms with Crippen LogP contribution >= 0.6 is 0 Å². The van der Waals surface area contributed by atoms with Crippen LogP contribution < -0.4 is 0 Å². The number of hydrogen-bond acceptors (Lipinski definition) is 3. The molecular weight excluding hydrogens is 572 g/mol. The Morgan fingerprint density at radius 1 is 0.512 bits per heavy atom. The first-order valence-electron chi connectivity index (χ1n) is 17.2. The first kappa shape index (κ1) is 51.5. The van der Waals surface area contributed by atoms with Crippen LogP contribution in [0.2, 0.25) is 0 Å². The van der Waals surface area contributed by atoms with E-state index in [1.54, 1.807) is 0 Å². The summed E-state index contributed by atoms with van der Waals surface area (Å²) in [6.45, 7) is 17.8. The van der Waals surface area contributed by atoms with Crippen molar-refractivity contribution in [2.75, 3.05) is 0 Å². The van der Waals surface area contributed by atoms with Crippen molar-refractivity contribution in [3.8, 4) is 0 Å². The molecule has 0 bridgehead atoms. The van der Waals surface area contributed by atoms with E-state index >= 15 is 0 Å². The van der Waals surface area contributed by atoms with Gasteiger partial charge in [0.1, 0.15) is 0 Å². The van der Waals surface area contributed by atoms with E-state index in [-0.39, 0.29) is 11.1 Å². The number of carbonyl (C=O) groups is 2. The van der Waals surface area contributed by atoms with Crippen molar-refractivity contribution in [2.45, 2.75) is 189 Å². The molecule has 0 atom stereocenters. The van der Waals surface area contributed by atoms with Gasteiger partial charge in [-0.2, -0.15) is 26.7 Å². The molecule has 0 saturated carbocycles. The average molecular weight is 645 g/mol. The topological polar surface area (TPSA) is 91.7 Å². The van der Waals surface area contributed by atoms with Crippen molar-refractivity contribution >= 4 is 11.9 Å². The van der Waals surface area contributed by atoms with Gasteiger partial charge in [-0.25, -0.2) is 9.59 Å². The molecule has 0 rings (SSSR count). The summed E-state index contributed by atoms with van der Waals surface area (Å²) < 4.78 is 8.25. The second kappa shape index (κ2) is 50.6. The average Bonchev–Trinajstić information content (AvgIpc) is 2.97. The first-order chi connectivity index (χ1) is 20.6. The zero-order valence-corrected chi connectivity index (χ0v) is 31.0. The molecule has 0 aromatic carbocycles. The molecule has 0 amide bonds. The third-order valence-electron chi connectivity index (χ3n) is 6.50. The number of unbranched alkanes of at least 4 members (excludes halogenated alkanes) is 23. The predicted molar refractivity (Wildman–Crippen MR) is 183 cm³/mol. The molecule has 0 saturated heterocycles. The molecule has 6 heteroatoms. The van der Waals surface area contributed by atoms with E-state index in [0.717, 1.165) is 20.4 Å². The molecule has 0 fully saturated rings. The van der Waals surface area contributed by atoms with Gasteiger partial charge in [-0.05, 0) is 13.8 Å². The van der Waals surface area contributed by atoms with Gasteiger partial charge < -0.3 is 23.1 Å². The van der Waals surface area contributed by atoms with Crippen LogP contribution in [0.15, 0.2) is 24.3 Å². The summed E-state index contributed by atoms with van der Waals surface area (Å²) in [7, 11) is 0. The number of rotatable bonds is 25. The van der Waals surface area contributed by atoms with Crippen LogP contribution in [0.1, 0.15) is 189 Å². The van der Waals surface area contributed by atoms with Gasteiger partial charge in [-0.1, -0.05) is 162 Å². The van der Waals surface area contributed by atoms with Crippen LogP contribution in [0.25, 0.3) is 0 Å². The van der Waals surface area contributed by atoms with E-state index in [0.29, 0.717) is 0 Å². The Morgan fingerprint density at radius 3 is 0.837 bits per heavy atom. The van der Waals surface area contributed by atoms with Crippen LogP contribution in [-0.2, 0) is 33.3 Å². The molecule has 2 N–H and O–H groups in total. The molecule has 0 aliphatic carbocycles. The molecule has 0 aromatic rings. The summed E-state index contributed by atoms with van der Waals surface area (Å²) in [5.41, 5.74) is 0.352. The van der Waals surface area contributed by atoms with Crippen LogP contribution in [0.3, 0.4) is 0 Å². The molecule has 0 spiro atoms. The molecule has 0 aliphatic heterocycles. The minimum absolute atomic E-state index is 0.176. The Bertz CT molecular complexity index is 505. The fraction of sp³-hybridized carbons (Fsp3) is 0.784. The third kappa shape index (κ3) is 69.2. The Balaban J connectivity index is -0.000000230. The summed E-state index contributed by atoms with van der Waals surface area (Å²) in [5, 5.41) is 15.8. The van der Waals surface area contributed by atoms with Crippen molar-refractivity contribution < 1.29 is 43.5 Å². The SMILES string of the molecule is C=C(C)C(=O)O.C=C(C)C(=O)O.CCCCCCCCCCCC[CH-]CCCCCCCCCCCCC.C[CH-]C.[O]=[Ti+2]. The van der Waals surface area contributed by atoms with Crippen LogP contribution in [0.5, 0.6) is 0 Å². The molecule has 43 heavy (non-hydrogen) atoms. The van der Waals surface area contributed by atoms with Crippen LogP contribution in [-0.4, -0.2) is 22.2 Å². The van der Waals surface area contributed by atoms with Gasteiger partial charge in [0.15, 0.2) is 0 Å². The van der Waals surface area contributed by atoms with Crippen LogP contribution in [0, 0.1) is 12.8 Å². The molecule has 254 valence electrons. The van der Waals surface area contributed by atoms with E-state index in [2.05, 4.69) is 33.4 Å². The number of carboxylic acid groups (broad SMARTS) is 2. The summed E-state index contributed by atoms with van der Waals surface area (Å²) in [5.74, 6) is -1.87. The van der Waals surface area contributed by atoms with Gasteiger partial charge in [0.05, 0.1) is 0 Å². The van der Waals surface area contributed by atoms with E-state index in [1.807, 2.05) is 20.3 Å². The fourth-order valence-corrected chi connectivity index (χ4v) is 3.87. The van der Waals surface area contributed by atoms with E-state index < -0.39 is 11.9 Å². The quantitative estimate of drug-likeness (QED) is 0.0446. The maximum atomic E-state index is 9.60. The Hall–Kier alpha value is -1.07. The summed E-state index contributed by atoms with van der Waals surface area (Å²) in [4.78, 5) is 19.2. The van der Waals surface area contributed by atoms with Crippen molar-refractivity contribution in [3.05, 3.63) is 37.1 Å². The standard InChI is InChI=1S/C26H53.2C4H6O2.C3H7.O.Ti/c1-3-5-7-9-11-13-15-17-19-21-23-25-26-24-22-20-18-16-14-12-10-8-6-4-2;2*1-3(2)4(5)6;1-3-2;;/h25H,3-24,26H2,1-2H3;2*1H2,2H3,(H,5,6);3H,1-2H3;;/q-1;;;-1;;+2. The molecule has 0 heterocycles. The molecule has 0 radical (unpaired) electrons. The predicted octanol–water partition coefficient (Wildman–Crippen LogP) is 12.6. The van der Waals surface area contributed by atoms with Gasteiger partial charge in [0.2, 0.25) is 0 Å². The summed E-state index contributed by atoms with van der Waals surface area (Å²) in [6, 6.07) is 0. The van der Waals surface area contributed by atoms with Crippen molar-refractivity contribution in [3.63, 3.8) is 0 Å². The molecule has 5 nitrogen and oxygen atoms in total. The summed E-state index contributed by atoms with van der Waals surface area (Å²) in [6.07, 6.45) is 37.9. The van der Waals surface area contributed by atoms with E-state index in [9.17, 15) is 9.59 Å². The van der Waals surface area contributed by atoms with Crippen molar-refractivity contribution in [1.82, 2.24) is 0 Å². The molecule has 0 aliphatic rings.